The van der Waals surface area contributed by atoms with E-state index >= 15 is 0 Å². The Bertz CT molecular complexity index is 534. The Morgan fingerprint density at radius 3 is 2.65 bits per heavy atom. The van der Waals surface area contributed by atoms with Crippen LogP contribution in [0.5, 0.6) is 0 Å². The molecule has 0 saturated carbocycles. The lowest BCUT2D eigenvalue weighted by Crippen LogP contribution is -2.13. The number of carboxylic acids is 1. The second-order valence-electron chi connectivity index (χ2n) is 3.05. The number of nitrogens with zero attached hydrogens (tertiary/aromatic N) is 3. The van der Waals surface area contributed by atoms with Crippen molar-refractivity contribution in [2.45, 2.75) is 0 Å². The number of carbonyl (C=O) groups is 2. The minimum absolute atomic E-state index is 0.0458. The highest BCUT2D eigenvalue weighted by atomic mass is 16.4. The number of aromatic carboxylic acids is 1. The Hall–Kier alpha value is -2.77. The molecule has 0 aliphatic heterocycles. The fourth-order valence-corrected chi connectivity index (χ4v) is 1.09. The molecule has 0 saturated heterocycles. The van der Waals surface area contributed by atoms with Crippen LogP contribution in [-0.2, 0) is 0 Å². The van der Waals surface area contributed by atoms with Crippen molar-refractivity contribution in [2.75, 3.05) is 5.32 Å². The van der Waals surface area contributed by atoms with Gasteiger partial charge in [-0.3, -0.25) is 4.79 Å². The Morgan fingerprint density at radius 1 is 1.29 bits per heavy atom. The molecule has 2 aromatic rings. The van der Waals surface area contributed by atoms with Gasteiger partial charge in [-0.05, 0) is 12.1 Å². The lowest BCUT2D eigenvalue weighted by molar-refractivity contribution is 0.0696. The van der Waals surface area contributed by atoms with Crippen molar-refractivity contribution in [3.8, 4) is 0 Å². The molecule has 0 unspecified atom stereocenters. The minimum atomic E-state index is -1.08. The molecule has 17 heavy (non-hydrogen) atoms. The van der Waals surface area contributed by atoms with Gasteiger partial charge in [-0.15, -0.1) is 0 Å². The summed E-state index contributed by atoms with van der Waals surface area (Å²) < 4.78 is 0. The first-order valence-corrected chi connectivity index (χ1v) is 4.53. The molecular formula is C9H7N5O3. The molecule has 0 radical (unpaired) electrons. The van der Waals surface area contributed by atoms with Crippen LogP contribution < -0.4 is 5.32 Å². The van der Waals surface area contributed by atoms with Gasteiger partial charge < -0.3 is 10.4 Å². The summed E-state index contributed by atoms with van der Waals surface area (Å²) in [6, 6.07) is 2.73. The van der Waals surface area contributed by atoms with Gasteiger partial charge in [-0.1, -0.05) is 0 Å². The van der Waals surface area contributed by atoms with Crippen LogP contribution in [0.3, 0.4) is 0 Å². The summed E-state index contributed by atoms with van der Waals surface area (Å²) in [6.07, 6.45) is 2.42. The smallest absolute Gasteiger partial charge is 0.337 e. The lowest BCUT2D eigenvalue weighted by atomic mass is 10.3. The van der Waals surface area contributed by atoms with Crippen molar-refractivity contribution in [1.82, 2.24) is 20.4 Å². The molecule has 0 aliphatic carbocycles. The molecule has 2 heterocycles. The first-order valence-electron chi connectivity index (χ1n) is 4.53. The summed E-state index contributed by atoms with van der Waals surface area (Å²) in [7, 11) is 0. The maximum absolute atomic E-state index is 11.5. The second-order valence-corrected chi connectivity index (χ2v) is 3.05. The van der Waals surface area contributed by atoms with Crippen LogP contribution in [0, 0.1) is 0 Å². The van der Waals surface area contributed by atoms with Crippen LogP contribution in [0.1, 0.15) is 20.8 Å². The first-order chi connectivity index (χ1) is 8.16. The van der Waals surface area contributed by atoms with E-state index in [0.717, 1.165) is 6.20 Å². The fourth-order valence-electron chi connectivity index (χ4n) is 1.09. The van der Waals surface area contributed by atoms with Crippen LogP contribution in [0.2, 0.25) is 0 Å². The normalized spacial score (nSPS) is 9.88. The van der Waals surface area contributed by atoms with Crippen molar-refractivity contribution >= 4 is 17.7 Å². The Labute approximate surface area is 94.7 Å². The van der Waals surface area contributed by atoms with E-state index in [1.54, 1.807) is 0 Å². The Morgan fingerprint density at radius 2 is 2.12 bits per heavy atom. The van der Waals surface area contributed by atoms with E-state index in [4.69, 9.17) is 5.11 Å². The fraction of sp³-hybridized carbons (Fsp3) is 0. The molecule has 8 nitrogen and oxygen atoms in total. The number of pyridine rings is 1. The van der Waals surface area contributed by atoms with Crippen LogP contribution in [0.15, 0.2) is 24.5 Å². The highest BCUT2D eigenvalue weighted by molar-refractivity contribution is 6.02. The van der Waals surface area contributed by atoms with Crippen molar-refractivity contribution in [2.24, 2.45) is 0 Å². The number of anilines is 1. The van der Waals surface area contributed by atoms with E-state index in [1.807, 2.05) is 0 Å². The van der Waals surface area contributed by atoms with Crippen LogP contribution in [-0.4, -0.2) is 37.4 Å². The molecule has 2 aromatic heterocycles. The number of carbonyl (C=O) groups excluding carboxylic acids is 1. The quantitative estimate of drug-likeness (QED) is 0.693. The minimum Gasteiger partial charge on any atom is -0.478 e. The largest absolute Gasteiger partial charge is 0.478 e. The predicted octanol–water partition coefficient (Wildman–Crippen LogP) is 0.150. The van der Waals surface area contributed by atoms with Gasteiger partial charge in [0.05, 0.1) is 11.8 Å². The van der Waals surface area contributed by atoms with Gasteiger partial charge in [0, 0.05) is 6.20 Å². The van der Waals surface area contributed by atoms with Gasteiger partial charge in [-0.2, -0.15) is 15.4 Å². The summed E-state index contributed by atoms with van der Waals surface area (Å²) in [6.45, 7) is 0. The lowest BCUT2D eigenvalue weighted by Gasteiger charge is -2.01. The van der Waals surface area contributed by atoms with Crippen LogP contribution in [0.4, 0.5) is 5.82 Å². The van der Waals surface area contributed by atoms with Gasteiger partial charge in [0.1, 0.15) is 5.82 Å². The molecule has 2 rings (SSSR count). The summed E-state index contributed by atoms with van der Waals surface area (Å²) in [5, 5.41) is 20.5. The average molecular weight is 233 g/mol. The van der Waals surface area contributed by atoms with E-state index < -0.39 is 11.9 Å². The van der Waals surface area contributed by atoms with Gasteiger partial charge >= 0.3 is 5.97 Å². The molecule has 0 fully saturated rings. The SMILES string of the molecule is O=C(O)c1ccc(NC(=O)c2cn[nH]n2)nc1. The maximum Gasteiger partial charge on any atom is 0.337 e. The monoisotopic (exact) mass is 233 g/mol. The van der Waals surface area contributed by atoms with Gasteiger partial charge in [0.2, 0.25) is 0 Å². The number of nitrogens with one attached hydrogen (secondary N) is 2. The molecule has 0 atom stereocenters. The zero-order valence-electron chi connectivity index (χ0n) is 8.41. The third-order valence-electron chi connectivity index (χ3n) is 1.90. The molecule has 3 N–H and O–H groups in total. The first kappa shape index (κ1) is 10.7. The number of carboxylic acid groups (broad SMARTS) is 1. The highest BCUT2D eigenvalue weighted by Crippen LogP contribution is 2.06. The van der Waals surface area contributed by atoms with Crippen molar-refractivity contribution < 1.29 is 14.7 Å². The molecule has 0 aliphatic rings. The van der Waals surface area contributed by atoms with E-state index in [0.29, 0.717) is 0 Å². The van der Waals surface area contributed by atoms with Crippen molar-refractivity contribution in [3.05, 3.63) is 35.8 Å². The number of H-pyrrole nitrogens is 1. The number of rotatable bonds is 3. The summed E-state index contributed by atoms with van der Waals surface area (Å²) >= 11 is 0. The molecule has 86 valence electrons. The van der Waals surface area contributed by atoms with Gasteiger partial charge in [-0.25, -0.2) is 9.78 Å². The standard InChI is InChI=1S/C9H7N5O3/c15-8(6-4-11-14-13-6)12-7-2-1-5(3-10-7)9(16)17/h1-4H,(H,16,17)(H,10,12,15)(H,11,13,14). The van der Waals surface area contributed by atoms with Crippen molar-refractivity contribution in [3.63, 3.8) is 0 Å². The highest BCUT2D eigenvalue weighted by Gasteiger charge is 2.10. The summed E-state index contributed by atoms with van der Waals surface area (Å²) in [4.78, 5) is 25.9. The van der Waals surface area contributed by atoms with E-state index in [1.165, 1.54) is 18.3 Å². The zero-order valence-corrected chi connectivity index (χ0v) is 8.41. The third-order valence-corrected chi connectivity index (χ3v) is 1.90. The van der Waals surface area contributed by atoms with E-state index in [9.17, 15) is 9.59 Å². The third kappa shape index (κ3) is 2.43. The Balaban J connectivity index is 2.09. The molecule has 0 bridgehead atoms. The second kappa shape index (κ2) is 4.39. The molecule has 0 aromatic carbocycles. The summed E-state index contributed by atoms with van der Waals surface area (Å²) in [5.74, 6) is -1.32. The molecule has 8 heteroatoms. The molecule has 1 amide bonds. The number of aromatic amines is 1. The maximum atomic E-state index is 11.5. The average Bonchev–Trinajstić information content (AvgIpc) is 2.83. The zero-order chi connectivity index (χ0) is 12.3. The van der Waals surface area contributed by atoms with Gasteiger partial charge in [0.25, 0.3) is 5.91 Å². The number of hydrogen-bond donors (Lipinski definition) is 3. The van der Waals surface area contributed by atoms with E-state index in [-0.39, 0.29) is 17.1 Å². The number of aromatic nitrogens is 4. The number of hydrogen-bond acceptors (Lipinski definition) is 5. The Kier molecular flexibility index (Phi) is 2.77. The van der Waals surface area contributed by atoms with Crippen molar-refractivity contribution in [1.29, 1.82) is 0 Å². The van der Waals surface area contributed by atoms with Crippen LogP contribution in [0.25, 0.3) is 0 Å². The molecular weight excluding hydrogens is 226 g/mol. The van der Waals surface area contributed by atoms with Crippen LogP contribution >= 0.6 is 0 Å². The van der Waals surface area contributed by atoms with E-state index in [2.05, 4.69) is 25.7 Å². The molecule has 0 spiro atoms. The van der Waals surface area contributed by atoms with Gasteiger partial charge in [0.15, 0.2) is 5.69 Å². The predicted molar refractivity (Wildman–Crippen MR) is 55.5 cm³/mol. The topological polar surface area (TPSA) is 121 Å². The number of amides is 1. The summed E-state index contributed by atoms with van der Waals surface area (Å²) in [5.41, 5.74) is 0.165.